The summed E-state index contributed by atoms with van der Waals surface area (Å²) in [6.07, 6.45) is 1.21. The summed E-state index contributed by atoms with van der Waals surface area (Å²) >= 11 is 0. The molecule has 0 fully saturated rings. The van der Waals surface area contributed by atoms with E-state index >= 15 is 0 Å². The van der Waals surface area contributed by atoms with E-state index in [2.05, 4.69) is 13.0 Å². The minimum Gasteiger partial charge on any atom is -0.491 e. The van der Waals surface area contributed by atoms with E-state index in [1.54, 1.807) is 0 Å². The van der Waals surface area contributed by atoms with E-state index < -0.39 is 0 Å². The zero-order valence-corrected chi connectivity index (χ0v) is 9.86. The molecule has 1 rings (SSSR count). The van der Waals surface area contributed by atoms with Crippen LogP contribution >= 0.6 is 0 Å². The lowest BCUT2D eigenvalue weighted by Crippen LogP contribution is -2.14. The molecule has 2 nitrogen and oxygen atoms in total. The van der Waals surface area contributed by atoms with E-state index in [0.717, 1.165) is 18.7 Å². The van der Waals surface area contributed by atoms with Crippen molar-refractivity contribution in [3.63, 3.8) is 0 Å². The summed E-state index contributed by atoms with van der Waals surface area (Å²) in [5.74, 6) is 1.50. The van der Waals surface area contributed by atoms with Gasteiger partial charge in [-0.25, -0.2) is 0 Å². The highest BCUT2D eigenvalue weighted by Crippen LogP contribution is 2.22. The normalized spacial score (nSPS) is 12.9. The molecule has 0 bridgehead atoms. The van der Waals surface area contributed by atoms with Gasteiger partial charge in [0, 0.05) is 0 Å². The van der Waals surface area contributed by atoms with Crippen molar-refractivity contribution in [3.8, 4) is 5.75 Å². The lowest BCUT2D eigenvalue weighted by atomic mass is 10.0. The van der Waals surface area contributed by atoms with Gasteiger partial charge in [-0.1, -0.05) is 25.1 Å². The first kappa shape index (κ1) is 12.1. The molecule has 0 amide bonds. The van der Waals surface area contributed by atoms with Crippen LogP contribution in [0, 0.1) is 5.92 Å². The number of rotatable bonds is 5. The van der Waals surface area contributed by atoms with Gasteiger partial charge in [-0.3, -0.25) is 0 Å². The molecule has 0 aliphatic carbocycles. The molecule has 0 aromatic heterocycles. The summed E-state index contributed by atoms with van der Waals surface area (Å²) in [4.78, 5) is 0. The Labute approximate surface area is 92.4 Å². The fourth-order valence-electron chi connectivity index (χ4n) is 1.50. The third-order valence-electron chi connectivity index (χ3n) is 2.31. The average Bonchev–Trinajstić information content (AvgIpc) is 2.20. The van der Waals surface area contributed by atoms with E-state index in [-0.39, 0.29) is 6.10 Å². The van der Waals surface area contributed by atoms with Gasteiger partial charge in [0.25, 0.3) is 0 Å². The summed E-state index contributed by atoms with van der Waals surface area (Å²) in [5, 5.41) is 0. The molecule has 0 spiro atoms. The van der Waals surface area contributed by atoms with Gasteiger partial charge in [0.2, 0.25) is 0 Å². The van der Waals surface area contributed by atoms with Crippen LogP contribution in [0.4, 0.5) is 0 Å². The van der Waals surface area contributed by atoms with Crippen molar-refractivity contribution in [2.24, 2.45) is 11.7 Å². The Morgan fingerprint density at radius 2 is 1.87 bits per heavy atom. The molecule has 0 heterocycles. The van der Waals surface area contributed by atoms with Gasteiger partial charge in [0.15, 0.2) is 0 Å². The smallest absolute Gasteiger partial charge is 0.122 e. The van der Waals surface area contributed by atoms with E-state index in [9.17, 15) is 0 Å². The standard InChI is InChI=1S/C13H21NO/c1-10(2)15-13-7-5-4-6-12(13)8-11(3)9-14/h4-7,10-11H,8-9,14H2,1-3H3. The number of hydrogen-bond acceptors (Lipinski definition) is 2. The second kappa shape index (κ2) is 5.76. The molecule has 1 aromatic carbocycles. The van der Waals surface area contributed by atoms with Crippen LogP contribution in [-0.2, 0) is 6.42 Å². The molecule has 0 saturated heterocycles. The van der Waals surface area contributed by atoms with Crippen LogP contribution in [0.1, 0.15) is 26.3 Å². The highest BCUT2D eigenvalue weighted by Gasteiger charge is 2.08. The van der Waals surface area contributed by atoms with Crippen LogP contribution in [0.5, 0.6) is 5.75 Å². The molecule has 1 atom stereocenters. The van der Waals surface area contributed by atoms with Crippen molar-refractivity contribution in [1.82, 2.24) is 0 Å². The van der Waals surface area contributed by atoms with Gasteiger partial charge in [-0.2, -0.15) is 0 Å². The van der Waals surface area contributed by atoms with Crippen molar-refractivity contribution in [2.45, 2.75) is 33.3 Å². The number of benzene rings is 1. The molecule has 0 radical (unpaired) electrons. The minimum atomic E-state index is 0.222. The van der Waals surface area contributed by atoms with E-state index in [1.807, 2.05) is 32.0 Å². The summed E-state index contributed by atoms with van der Waals surface area (Å²) in [6.45, 7) is 6.97. The van der Waals surface area contributed by atoms with Gasteiger partial charge in [-0.05, 0) is 44.4 Å². The molecule has 1 aromatic rings. The second-order valence-corrected chi connectivity index (χ2v) is 4.32. The Bertz CT molecular complexity index is 296. The summed E-state index contributed by atoms with van der Waals surface area (Å²) < 4.78 is 5.75. The summed E-state index contributed by atoms with van der Waals surface area (Å²) in [7, 11) is 0. The van der Waals surface area contributed by atoms with Crippen LogP contribution in [-0.4, -0.2) is 12.6 Å². The molecule has 0 saturated carbocycles. The molecule has 84 valence electrons. The van der Waals surface area contributed by atoms with Gasteiger partial charge < -0.3 is 10.5 Å². The van der Waals surface area contributed by atoms with Gasteiger partial charge in [0.1, 0.15) is 5.75 Å². The van der Waals surface area contributed by atoms with Crippen LogP contribution in [0.2, 0.25) is 0 Å². The predicted octanol–water partition coefficient (Wildman–Crippen LogP) is 2.61. The Hall–Kier alpha value is -1.02. The predicted molar refractivity (Wildman–Crippen MR) is 64.1 cm³/mol. The first-order valence-electron chi connectivity index (χ1n) is 5.58. The SMILES string of the molecule is CC(CN)Cc1ccccc1OC(C)C. The third kappa shape index (κ3) is 3.92. The molecular weight excluding hydrogens is 186 g/mol. The van der Waals surface area contributed by atoms with Crippen molar-refractivity contribution < 1.29 is 4.74 Å². The zero-order chi connectivity index (χ0) is 11.3. The molecular formula is C13H21NO. The van der Waals surface area contributed by atoms with Crippen LogP contribution < -0.4 is 10.5 Å². The number of para-hydroxylation sites is 1. The Balaban J connectivity index is 2.76. The largest absolute Gasteiger partial charge is 0.491 e. The van der Waals surface area contributed by atoms with E-state index in [4.69, 9.17) is 10.5 Å². The van der Waals surface area contributed by atoms with Crippen molar-refractivity contribution in [1.29, 1.82) is 0 Å². The number of ether oxygens (including phenoxy) is 1. The number of nitrogens with two attached hydrogens (primary N) is 1. The van der Waals surface area contributed by atoms with Crippen molar-refractivity contribution in [3.05, 3.63) is 29.8 Å². The first-order chi connectivity index (χ1) is 7.13. The molecule has 2 N–H and O–H groups in total. The fourth-order valence-corrected chi connectivity index (χ4v) is 1.50. The second-order valence-electron chi connectivity index (χ2n) is 4.32. The fraction of sp³-hybridized carbons (Fsp3) is 0.538. The molecule has 1 unspecified atom stereocenters. The Morgan fingerprint density at radius 1 is 1.20 bits per heavy atom. The van der Waals surface area contributed by atoms with Crippen molar-refractivity contribution >= 4 is 0 Å². The Kier molecular flexibility index (Phi) is 4.63. The number of hydrogen-bond donors (Lipinski definition) is 1. The van der Waals surface area contributed by atoms with Gasteiger partial charge in [0.05, 0.1) is 6.10 Å². The highest BCUT2D eigenvalue weighted by molar-refractivity contribution is 5.33. The maximum Gasteiger partial charge on any atom is 0.122 e. The molecule has 0 aliphatic rings. The first-order valence-corrected chi connectivity index (χ1v) is 5.58. The topological polar surface area (TPSA) is 35.2 Å². The Morgan fingerprint density at radius 3 is 2.47 bits per heavy atom. The van der Waals surface area contributed by atoms with Crippen LogP contribution in [0.25, 0.3) is 0 Å². The maximum atomic E-state index is 5.75. The van der Waals surface area contributed by atoms with Crippen LogP contribution in [0.3, 0.4) is 0 Å². The van der Waals surface area contributed by atoms with E-state index in [1.165, 1.54) is 5.56 Å². The van der Waals surface area contributed by atoms with E-state index in [0.29, 0.717) is 5.92 Å². The van der Waals surface area contributed by atoms with Gasteiger partial charge >= 0.3 is 0 Å². The summed E-state index contributed by atoms with van der Waals surface area (Å²) in [6, 6.07) is 8.20. The van der Waals surface area contributed by atoms with Crippen molar-refractivity contribution in [2.75, 3.05) is 6.54 Å². The average molecular weight is 207 g/mol. The van der Waals surface area contributed by atoms with Gasteiger partial charge in [-0.15, -0.1) is 0 Å². The zero-order valence-electron chi connectivity index (χ0n) is 9.86. The summed E-state index contributed by atoms with van der Waals surface area (Å²) in [5.41, 5.74) is 6.88. The minimum absolute atomic E-state index is 0.222. The molecule has 0 aliphatic heterocycles. The van der Waals surface area contributed by atoms with Crippen LogP contribution in [0.15, 0.2) is 24.3 Å². The maximum absolute atomic E-state index is 5.75. The lowest BCUT2D eigenvalue weighted by molar-refractivity contribution is 0.239. The molecule has 15 heavy (non-hydrogen) atoms. The highest BCUT2D eigenvalue weighted by atomic mass is 16.5. The third-order valence-corrected chi connectivity index (χ3v) is 2.31. The lowest BCUT2D eigenvalue weighted by Gasteiger charge is -2.16. The quantitative estimate of drug-likeness (QED) is 0.805. The monoisotopic (exact) mass is 207 g/mol. The molecule has 2 heteroatoms.